The van der Waals surface area contributed by atoms with Crippen molar-refractivity contribution in [3.63, 3.8) is 0 Å². The molecule has 1 aromatic carbocycles. The highest BCUT2D eigenvalue weighted by Gasteiger charge is 2.19. The van der Waals surface area contributed by atoms with Gasteiger partial charge in [-0.25, -0.2) is 0 Å². The maximum atomic E-state index is 12.4. The van der Waals surface area contributed by atoms with Crippen LogP contribution in [-0.2, 0) is 11.2 Å². The van der Waals surface area contributed by atoms with Crippen LogP contribution in [0, 0.1) is 0 Å². The van der Waals surface area contributed by atoms with Gasteiger partial charge in [-0.1, -0.05) is 37.3 Å². The summed E-state index contributed by atoms with van der Waals surface area (Å²) in [5.74, 6) is -0.427. The standard InChI is InChI=1S/C18H22N2O2/c1-3-14-6-8-15(9-7-14)17(12-21)20-18(22)13(2)16-5-4-10-19-11-16/h4-11,13,17,21H,3,12H2,1-2H3,(H,20,22). The van der Waals surface area contributed by atoms with Crippen molar-refractivity contribution in [2.24, 2.45) is 0 Å². The van der Waals surface area contributed by atoms with Gasteiger partial charge in [-0.05, 0) is 36.1 Å². The molecule has 0 bridgehead atoms. The Balaban J connectivity index is 2.07. The minimum atomic E-state index is -0.391. The lowest BCUT2D eigenvalue weighted by Crippen LogP contribution is -2.33. The fraction of sp³-hybridized carbons (Fsp3) is 0.333. The number of nitrogens with one attached hydrogen (secondary N) is 1. The van der Waals surface area contributed by atoms with Crippen molar-refractivity contribution in [1.29, 1.82) is 0 Å². The van der Waals surface area contributed by atoms with Gasteiger partial charge in [0.15, 0.2) is 0 Å². The SMILES string of the molecule is CCc1ccc(C(CO)NC(=O)C(C)c2cccnc2)cc1. The molecular formula is C18H22N2O2. The second kappa shape index (κ2) is 7.71. The van der Waals surface area contributed by atoms with E-state index in [9.17, 15) is 9.90 Å². The molecule has 1 aromatic heterocycles. The zero-order valence-electron chi connectivity index (χ0n) is 13.0. The third kappa shape index (κ3) is 3.92. The molecule has 2 atom stereocenters. The molecule has 22 heavy (non-hydrogen) atoms. The number of aryl methyl sites for hydroxylation is 1. The number of amides is 1. The van der Waals surface area contributed by atoms with Crippen LogP contribution in [0.5, 0.6) is 0 Å². The fourth-order valence-corrected chi connectivity index (χ4v) is 2.30. The summed E-state index contributed by atoms with van der Waals surface area (Å²) in [5.41, 5.74) is 3.00. The van der Waals surface area contributed by atoms with Crippen LogP contribution in [0.3, 0.4) is 0 Å². The molecule has 1 amide bonds. The van der Waals surface area contributed by atoms with Gasteiger partial charge in [0.05, 0.1) is 18.6 Å². The van der Waals surface area contributed by atoms with Crippen LogP contribution < -0.4 is 5.32 Å². The van der Waals surface area contributed by atoms with E-state index in [2.05, 4.69) is 17.2 Å². The summed E-state index contributed by atoms with van der Waals surface area (Å²) in [5, 5.41) is 12.5. The summed E-state index contributed by atoms with van der Waals surface area (Å²) >= 11 is 0. The maximum Gasteiger partial charge on any atom is 0.227 e. The number of aliphatic hydroxyl groups excluding tert-OH is 1. The molecule has 0 saturated carbocycles. The molecule has 2 aromatic rings. The van der Waals surface area contributed by atoms with Crippen molar-refractivity contribution >= 4 is 5.91 Å². The first kappa shape index (κ1) is 16.2. The number of carbonyl (C=O) groups excluding carboxylic acids is 1. The average molecular weight is 298 g/mol. The molecule has 2 rings (SSSR count). The number of nitrogens with zero attached hydrogens (tertiary/aromatic N) is 1. The van der Waals surface area contributed by atoms with Gasteiger partial charge >= 0.3 is 0 Å². The summed E-state index contributed by atoms with van der Waals surface area (Å²) in [4.78, 5) is 16.4. The van der Waals surface area contributed by atoms with E-state index in [-0.39, 0.29) is 18.4 Å². The third-order valence-corrected chi connectivity index (χ3v) is 3.87. The van der Waals surface area contributed by atoms with E-state index in [1.54, 1.807) is 12.4 Å². The van der Waals surface area contributed by atoms with Crippen molar-refractivity contribution < 1.29 is 9.90 Å². The first-order chi connectivity index (χ1) is 10.7. The number of hydrogen-bond acceptors (Lipinski definition) is 3. The van der Waals surface area contributed by atoms with Crippen LogP contribution in [0.25, 0.3) is 0 Å². The molecule has 0 spiro atoms. The Morgan fingerprint density at radius 3 is 2.50 bits per heavy atom. The van der Waals surface area contributed by atoms with Gasteiger partial charge in [0.2, 0.25) is 5.91 Å². The van der Waals surface area contributed by atoms with E-state index in [4.69, 9.17) is 0 Å². The Morgan fingerprint density at radius 2 is 1.95 bits per heavy atom. The number of rotatable bonds is 6. The van der Waals surface area contributed by atoms with Crippen molar-refractivity contribution in [3.8, 4) is 0 Å². The van der Waals surface area contributed by atoms with Crippen LogP contribution in [0.1, 0.15) is 42.5 Å². The Hall–Kier alpha value is -2.20. The summed E-state index contributed by atoms with van der Waals surface area (Å²) in [6.45, 7) is 3.80. The fourth-order valence-electron chi connectivity index (χ4n) is 2.30. The Labute approximate surface area is 131 Å². The quantitative estimate of drug-likeness (QED) is 0.861. The topological polar surface area (TPSA) is 62.2 Å². The molecule has 0 radical (unpaired) electrons. The van der Waals surface area contributed by atoms with E-state index in [0.717, 1.165) is 17.5 Å². The van der Waals surface area contributed by atoms with Crippen LogP contribution in [0.4, 0.5) is 0 Å². The van der Waals surface area contributed by atoms with E-state index in [1.165, 1.54) is 5.56 Å². The second-order valence-corrected chi connectivity index (χ2v) is 5.35. The predicted octanol–water partition coefficient (Wildman–Crippen LogP) is 2.60. The molecule has 0 aliphatic rings. The first-order valence-electron chi connectivity index (χ1n) is 7.55. The highest BCUT2D eigenvalue weighted by atomic mass is 16.3. The minimum absolute atomic E-state index is 0.119. The van der Waals surface area contributed by atoms with Gasteiger partial charge in [-0.2, -0.15) is 0 Å². The molecule has 4 heteroatoms. The molecule has 0 aliphatic heterocycles. The zero-order valence-corrected chi connectivity index (χ0v) is 13.0. The average Bonchev–Trinajstić information content (AvgIpc) is 2.59. The smallest absolute Gasteiger partial charge is 0.227 e. The second-order valence-electron chi connectivity index (χ2n) is 5.35. The van der Waals surface area contributed by atoms with Gasteiger partial charge in [-0.15, -0.1) is 0 Å². The molecule has 2 unspecified atom stereocenters. The Bertz CT molecular complexity index is 596. The summed E-state index contributed by atoms with van der Waals surface area (Å²) in [6, 6.07) is 11.2. The van der Waals surface area contributed by atoms with Crippen LogP contribution in [-0.4, -0.2) is 22.6 Å². The number of hydrogen-bond donors (Lipinski definition) is 2. The van der Waals surface area contributed by atoms with E-state index >= 15 is 0 Å². The molecule has 2 N–H and O–H groups in total. The van der Waals surface area contributed by atoms with E-state index in [0.29, 0.717) is 0 Å². The van der Waals surface area contributed by atoms with Crippen LogP contribution in [0.15, 0.2) is 48.8 Å². The maximum absolute atomic E-state index is 12.4. The Kier molecular flexibility index (Phi) is 5.67. The van der Waals surface area contributed by atoms with Crippen LogP contribution in [0.2, 0.25) is 0 Å². The summed E-state index contributed by atoms with van der Waals surface area (Å²) in [6.07, 6.45) is 4.34. The van der Waals surface area contributed by atoms with E-state index < -0.39 is 6.04 Å². The first-order valence-corrected chi connectivity index (χ1v) is 7.55. The normalized spacial score (nSPS) is 13.4. The number of benzene rings is 1. The van der Waals surface area contributed by atoms with E-state index in [1.807, 2.05) is 43.3 Å². The lowest BCUT2D eigenvalue weighted by atomic mass is 10.00. The summed E-state index contributed by atoms with van der Waals surface area (Å²) < 4.78 is 0. The molecule has 0 saturated heterocycles. The van der Waals surface area contributed by atoms with Gasteiger partial charge in [0.25, 0.3) is 0 Å². The highest BCUT2D eigenvalue weighted by molar-refractivity contribution is 5.83. The van der Waals surface area contributed by atoms with Crippen molar-refractivity contribution in [1.82, 2.24) is 10.3 Å². The number of carbonyl (C=O) groups is 1. The molecule has 116 valence electrons. The third-order valence-electron chi connectivity index (χ3n) is 3.87. The monoisotopic (exact) mass is 298 g/mol. The van der Waals surface area contributed by atoms with Crippen LogP contribution >= 0.6 is 0 Å². The molecule has 0 aliphatic carbocycles. The lowest BCUT2D eigenvalue weighted by Gasteiger charge is -2.20. The predicted molar refractivity (Wildman–Crippen MR) is 86.4 cm³/mol. The summed E-state index contributed by atoms with van der Waals surface area (Å²) in [7, 11) is 0. The molecule has 4 nitrogen and oxygen atoms in total. The van der Waals surface area contributed by atoms with Gasteiger partial charge in [-0.3, -0.25) is 9.78 Å². The number of aliphatic hydroxyl groups is 1. The highest BCUT2D eigenvalue weighted by Crippen LogP contribution is 2.18. The zero-order chi connectivity index (χ0) is 15.9. The molecular weight excluding hydrogens is 276 g/mol. The minimum Gasteiger partial charge on any atom is -0.394 e. The van der Waals surface area contributed by atoms with Crippen molar-refractivity contribution in [3.05, 3.63) is 65.5 Å². The van der Waals surface area contributed by atoms with Crippen molar-refractivity contribution in [2.75, 3.05) is 6.61 Å². The molecule has 0 fully saturated rings. The number of pyridine rings is 1. The molecule has 1 heterocycles. The van der Waals surface area contributed by atoms with Gasteiger partial charge < -0.3 is 10.4 Å². The largest absolute Gasteiger partial charge is 0.394 e. The van der Waals surface area contributed by atoms with Crippen molar-refractivity contribution in [2.45, 2.75) is 32.2 Å². The Morgan fingerprint density at radius 1 is 1.23 bits per heavy atom. The van der Waals surface area contributed by atoms with Gasteiger partial charge in [0, 0.05) is 12.4 Å². The number of aromatic nitrogens is 1. The van der Waals surface area contributed by atoms with Gasteiger partial charge in [0.1, 0.15) is 0 Å². The lowest BCUT2D eigenvalue weighted by molar-refractivity contribution is -0.123.